The Hall–Kier alpha value is -13.0. The van der Waals surface area contributed by atoms with Crippen LogP contribution in [0.25, 0.3) is 58.3 Å². The van der Waals surface area contributed by atoms with Crippen LogP contribution in [0.5, 0.6) is 0 Å². The van der Waals surface area contributed by atoms with Gasteiger partial charge in [0.25, 0.3) is 22.2 Å². The van der Waals surface area contributed by atoms with Crippen molar-refractivity contribution in [2.24, 2.45) is 9.98 Å². The second-order valence-corrected chi connectivity index (χ2v) is 29.7. The average Bonchev–Trinajstić information content (AvgIpc) is 0.768. The van der Waals surface area contributed by atoms with Crippen LogP contribution < -0.4 is 65.1 Å². The van der Waals surface area contributed by atoms with Gasteiger partial charge in [0.15, 0.2) is 45.4 Å². The highest BCUT2D eigenvalue weighted by atomic mass is 16.2. The van der Waals surface area contributed by atoms with Gasteiger partial charge in [-0.2, -0.15) is 9.97 Å². The van der Waals surface area contributed by atoms with E-state index in [4.69, 9.17) is 0 Å². The van der Waals surface area contributed by atoms with Gasteiger partial charge in [0.05, 0.1) is 44.8 Å². The summed E-state index contributed by atoms with van der Waals surface area (Å²) in [7, 11) is 0. The molecule has 0 saturated heterocycles. The van der Waals surface area contributed by atoms with E-state index in [2.05, 4.69) is 279 Å². The summed E-state index contributed by atoms with van der Waals surface area (Å²) in [5.74, 6) is 1.89. The molecule has 0 radical (unpaired) electrons. The van der Waals surface area contributed by atoms with E-state index in [9.17, 15) is 28.8 Å². The number of anilines is 4. The zero-order chi connectivity index (χ0) is 81.0. The Morgan fingerprint density at radius 3 is 1.35 bits per heavy atom. The minimum absolute atomic E-state index is 0.207. The second kappa shape index (κ2) is 36.2. The molecular weight excluding hydrogens is 1440 g/mol. The molecule has 10 aromatic rings. The molecule has 0 fully saturated rings. The molecule has 0 aliphatic carbocycles. The Morgan fingerprint density at radius 2 is 0.809 bits per heavy atom. The lowest BCUT2D eigenvalue weighted by atomic mass is 10.0. The molecule has 586 valence electrons. The third-order valence-corrected chi connectivity index (χ3v) is 21.1. The van der Waals surface area contributed by atoms with Crippen molar-refractivity contribution in [3.05, 3.63) is 320 Å². The molecular formula is C93H98N16O6. The fourth-order valence-electron chi connectivity index (χ4n) is 15.3. The number of rotatable bonds is 22. The molecule has 4 N–H and O–H groups in total. The lowest BCUT2D eigenvalue weighted by molar-refractivity contribution is 0.648. The molecule has 2 aromatic heterocycles. The van der Waals surface area contributed by atoms with E-state index < -0.39 is 22.5 Å². The zero-order valence-electron chi connectivity index (χ0n) is 67.0. The molecule has 0 amide bonds. The lowest BCUT2D eigenvalue weighted by Crippen LogP contribution is -2.42. The van der Waals surface area contributed by atoms with Gasteiger partial charge in [-0.05, 0) is 221 Å². The topological polar surface area (TPSA) is 284 Å². The highest BCUT2D eigenvalue weighted by molar-refractivity contribution is 5.83. The lowest BCUT2D eigenvalue weighted by Gasteiger charge is -2.29. The van der Waals surface area contributed by atoms with E-state index in [1.807, 2.05) is 39.5 Å². The second-order valence-electron chi connectivity index (χ2n) is 29.7. The molecule has 0 saturated carbocycles. The zero-order valence-corrected chi connectivity index (χ0v) is 67.0. The van der Waals surface area contributed by atoms with Crippen LogP contribution in [-0.2, 0) is 64.5 Å². The van der Waals surface area contributed by atoms with Gasteiger partial charge >= 0.3 is 11.4 Å². The van der Waals surface area contributed by atoms with Crippen LogP contribution in [0.3, 0.4) is 0 Å². The van der Waals surface area contributed by atoms with E-state index in [-0.39, 0.29) is 22.5 Å². The monoisotopic (exact) mass is 1530 g/mol. The summed E-state index contributed by atoms with van der Waals surface area (Å²) >= 11 is 0. The molecule has 115 heavy (non-hydrogen) atoms. The molecule has 6 aliphatic rings. The van der Waals surface area contributed by atoms with E-state index in [0.29, 0.717) is 58.0 Å². The first-order valence-corrected chi connectivity index (χ1v) is 39.9. The van der Waals surface area contributed by atoms with Crippen LogP contribution in [0.4, 0.5) is 34.4 Å². The van der Waals surface area contributed by atoms with Crippen molar-refractivity contribution in [2.75, 3.05) is 22.9 Å². The fourth-order valence-corrected chi connectivity index (χ4v) is 15.3. The van der Waals surface area contributed by atoms with E-state index in [0.717, 1.165) is 148 Å². The Kier molecular flexibility index (Phi) is 25.2. The maximum atomic E-state index is 12.5. The first kappa shape index (κ1) is 80.1. The van der Waals surface area contributed by atoms with Crippen molar-refractivity contribution in [2.45, 2.75) is 165 Å². The molecule has 0 unspecified atom stereocenters. The number of aromatic amines is 4. The van der Waals surface area contributed by atoms with E-state index in [1.165, 1.54) is 72.3 Å². The van der Waals surface area contributed by atoms with Crippen molar-refractivity contribution in [1.82, 2.24) is 59.0 Å². The summed E-state index contributed by atoms with van der Waals surface area (Å²) in [6.07, 6.45) is 13.3. The van der Waals surface area contributed by atoms with Crippen LogP contribution in [0, 0.1) is 34.6 Å². The number of H-pyrrole nitrogens is 4. The highest BCUT2D eigenvalue weighted by Gasteiger charge is 2.27. The van der Waals surface area contributed by atoms with Crippen LogP contribution in [0.1, 0.15) is 139 Å². The average molecular weight is 1540 g/mol. The van der Waals surface area contributed by atoms with Crippen LogP contribution >= 0.6 is 0 Å². The van der Waals surface area contributed by atoms with Gasteiger partial charge in [-0.15, -0.1) is 0 Å². The smallest absolute Gasteiger partial charge is 0.322 e. The molecule has 6 aliphatic heterocycles. The van der Waals surface area contributed by atoms with E-state index in [1.54, 1.807) is 0 Å². The summed E-state index contributed by atoms with van der Waals surface area (Å²) in [4.78, 5) is 123. The normalized spacial score (nSPS) is 11.8. The summed E-state index contributed by atoms with van der Waals surface area (Å²) in [5.41, 5.74) is 21.5. The summed E-state index contributed by atoms with van der Waals surface area (Å²) in [5, 5.41) is 0.734. The Morgan fingerprint density at radius 1 is 0.357 bits per heavy atom. The first-order chi connectivity index (χ1) is 55.6. The highest BCUT2D eigenvalue weighted by Crippen LogP contribution is 2.39. The predicted octanol–water partition coefficient (Wildman–Crippen LogP) is 13.4. The van der Waals surface area contributed by atoms with Gasteiger partial charge in [-0.25, -0.2) is 39.5 Å². The third-order valence-electron chi connectivity index (χ3n) is 21.1. The Labute approximate surface area is 666 Å². The summed E-state index contributed by atoms with van der Waals surface area (Å²) in [6.45, 7) is 29.5. The van der Waals surface area contributed by atoms with Gasteiger partial charge < -0.3 is 28.9 Å². The van der Waals surface area contributed by atoms with Crippen molar-refractivity contribution in [3.8, 4) is 23.0 Å². The minimum atomic E-state index is -0.641. The van der Waals surface area contributed by atoms with Crippen LogP contribution in [0.15, 0.2) is 203 Å². The van der Waals surface area contributed by atoms with Crippen molar-refractivity contribution < 1.29 is 0 Å². The quantitative estimate of drug-likeness (QED) is 0.0459. The number of aryl methyl sites for hydroxylation is 15. The molecule has 22 heteroatoms. The summed E-state index contributed by atoms with van der Waals surface area (Å²) < 4.78 is 3.93. The standard InChI is InChI=1S/C24H26N4O.2C23H24N4O2.C23H24N4O/c1-4-9-19-15-21-20(14-16(19)2)27-22-23(25-17(3)26-24(22)29)28(21)13-8-12-18-10-6-5-7-11-18;1-4-17-13-18-19(12-15(17)3)27(10-6-9-16-8-5-7-14(2)11-16)21-20(24-18)22(28)26-23(29)25-21;1-3-5-17-11-12-19-18(14-17)24-20-21(25-23(29)26-22(20)28)27(19)13-4-6-16-9-7-15(2)8-10-16;1-4-18-14-19-20(13-15(18)2)27(12-8-11-17-9-6-5-7-10-17)22-21(26-19)23(28)25-16(3)24-22/h5-7,10-11,14-15H,3-4,8-9,12-13H2,1-2H3,(H,26,29);5,7-8,11-13H,4,6,9-10H2,1-3H3,(H,26,28,29);7-12,14H,3-6,13H2,1-2H3,(H,26,28,29);5-7,9-10,13-14H,3-4,8,11-12H2,1-2H3,(H,25,28). The number of hydrogen-bond donors (Lipinski definition) is 4. The number of nitrogens with one attached hydrogen (secondary N) is 4. The van der Waals surface area contributed by atoms with Gasteiger partial charge in [0, 0.05) is 26.2 Å². The number of fused-ring (bicyclic) bond motifs is 8. The minimum Gasteiger partial charge on any atom is -0.322 e. The van der Waals surface area contributed by atoms with Crippen LogP contribution in [0.2, 0.25) is 0 Å². The van der Waals surface area contributed by atoms with Gasteiger partial charge in [-0.3, -0.25) is 29.1 Å². The Balaban J connectivity index is 0.000000134. The molecule has 0 spiro atoms. The van der Waals surface area contributed by atoms with Crippen molar-refractivity contribution >= 4 is 69.6 Å². The van der Waals surface area contributed by atoms with Crippen molar-refractivity contribution in [1.29, 1.82) is 0 Å². The molecule has 22 nitrogen and oxygen atoms in total. The largest absolute Gasteiger partial charge is 0.349 e. The van der Waals surface area contributed by atoms with Crippen LogP contribution in [-0.4, -0.2) is 72.1 Å². The summed E-state index contributed by atoms with van der Waals surface area (Å²) in [6, 6.07) is 56.7. The molecule has 8 aromatic carbocycles. The third kappa shape index (κ3) is 18.7. The fraction of sp³-hybridized carbons (Fsp3) is 0.290. The van der Waals surface area contributed by atoms with Gasteiger partial charge in [-0.1, -0.05) is 180 Å². The van der Waals surface area contributed by atoms with Gasteiger partial charge in [0.1, 0.15) is 11.0 Å². The Bertz CT molecular complexity index is 6470. The molecule has 0 atom stereocenters. The maximum absolute atomic E-state index is 12.5. The molecule has 8 heterocycles. The first-order valence-electron chi connectivity index (χ1n) is 39.9. The number of aromatic nitrogens is 12. The predicted molar refractivity (Wildman–Crippen MR) is 460 cm³/mol. The maximum Gasteiger partial charge on any atom is 0.349 e. The molecule has 16 rings (SSSR count). The van der Waals surface area contributed by atoms with Crippen molar-refractivity contribution in [3.63, 3.8) is 0 Å². The molecule has 0 bridgehead atoms. The van der Waals surface area contributed by atoms with Gasteiger partial charge in [0.2, 0.25) is 0 Å². The number of nitrogens with zero attached hydrogens (tertiary/aromatic N) is 12. The number of hydrogen-bond acceptors (Lipinski definition) is 16. The van der Waals surface area contributed by atoms with E-state index >= 15 is 0 Å². The number of benzene rings is 8. The SMILES string of the molecule is C=c1nc2c(c(=O)[nH]1)=Nc1cc(C)c(CCC)cc1N2CCCc1ccccc1.C=c1nc2c(c(=O)[nH]1)=Nc1cc(CC)c(C)cc1N2CCCc1ccccc1.CCCc1ccc2c(c1)nc1c(=O)[nH]c(=O)nc-1n2CCCc1ccc(C)cc1.CCc1cc2nc3c(=O)[nH]c(=O)nc-3n(CCCc3cccc(C)c3)c2cc1C.